The maximum absolute atomic E-state index is 11.9. The van der Waals surface area contributed by atoms with E-state index in [2.05, 4.69) is 0 Å². The molecule has 0 unspecified atom stereocenters. The van der Waals surface area contributed by atoms with E-state index in [1.165, 1.54) is 36.9 Å². The van der Waals surface area contributed by atoms with Crippen LogP contribution in [0.15, 0.2) is 10.8 Å². The zero-order valence-electron chi connectivity index (χ0n) is 11.6. The normalized spacial score (nSPS) is 10.4. The highest BCUT2D eigenvalue weighted by Crippen LogP contribution is 2.40. The molecule has 0 aliphatic carbocycles. The molecule has 0 N–H and O–H groups in total. The van der Waals surface area contributed by atoms with E-state index in [0.29, 0.717) is 9.75 Å². The second-order valence-corrected chi connectivity index (χ2v) is 5.99. The summed E-state index contributed by atoms with van der Waals surface area (Å²) in [5, 5.41) is 3.78. The van der Waals surface area contributed by atoms with Crippen molar-refractivity contribution in [3.63, 3.8) is 0 Å². The van der Waals surface area contributed by atoms with Crippen molar-refractivity contribution in [3.8, 4) is 11.1 Å². The molecule has 0 aliphatic heterocycles. The van der Waals surface area contributed by atoms with Crippen molar-refractivity contribution < 1.29 is 19.1 Å². The molecule has 0 fully saturated rings. The average molecular weight is 310 g/mol. The smallest absolute Gasteiger partial charge is 0.348 e. The first-order valence-electron chi connectivity index (χ1n) is 5.84. The topological polar surface area (TPSA) is 52.6 Å². The lowest BCUT2D eigenvalue weighted by atomic mass is 9.99. The molecule has 0 aromatic carbocycles. The fourth-order valence-corrected chi connectivity index (χ4v) is 3.94. The second kappa shape index (κ2) is 5.76. The molecule has 2 aromatic heterocycles. The summed E-state index contributed by atoms with van der Waals surface area (Å²) < 4.78 is 9.63. The number of carbonyl (C=O) groups is 2. The predicted octanol–water partition coefficient (Wildman–Crippen LogP) is 3.67. The third kappa shape index (κ3) is 2.36. The predicted molar refractivity (Wildman–Crippen MR) is 79.8 cm³/mol. The largest absolute Gasteiger partial charge is 0.465 e. The summed E-state index contributed by atoms with van der Waals surface area (Å²) in [6, 6.07) is 0. The Bertz CT molecular complexity index is 609. The fourth-order valence-electron chi connectivity index (χ4n) is 2.00. The number of aryl methyl sites for hydroxylation is 2. The van der Waals surface area contributed by atoms with Crippen LogP contribution in [-0.2, 0) is 9.47 Å². The molecule has 6 heteroatoms. The molecular formula is C14H14O4S2. The Labute approximate surface area is 125 Å². The van der Waals surface area contributed by atoms with E-state index < -0.39 is 0 Å². The molecule has 0 saturated carbocycles. The summed E-state index contributed by atoms with van der Waals surface area (Å²) in [7, 11) is 2.70. The van der Waals surface area contributed by atoms with E-state index in [1.807, 2.05) is 24.6 Å². The molecule has 0 radical (unpaired) electrons. The third-order valence-corrected chi connectivity index (χ3v) is 5.10. The molecule has 20 heavy (non-hydrogen) atoms. The Kier molecular flexibility index (Phi) is 4.25. The zero-order chi connectivity index (χ0) is 14.9. The fraction of sp³-hybridized carbons (Fsp3) is 0.286. The van der Waals surface area contributed by atoms with Crippen LogP contribution >= 0.6 is 22.7 Å². The van der Waals surface area contributed by atoms with Crippen molar-refractivity contribution in [1.82, 2.24) is 0 Å². The van der Waals surface area contributed by atoms with Gasteiger partial charge in [0.25, 0.3) is 0 Å². The van der Waals surface area contributed by atoms with Crippen LogP contribution in [0.2, 0.25) is 0 Å². The Balaban J connectivity index is 2.69. The molecule has 4 nitrogen and oxygen atoms in total. The first-order chi connectivity index (χ1) is 9.51. The lowest BCUT2D eigenvalue weighted by Crippen LogP contribution is -2.04. The quantitative estimate of drug-likeness (QED) is 0.812. The standard InChI is InChI=1S/C14H14O4S2/c1-7-5-19-11(13(15)17-3)9(7)10-8(2)6-20-12(10)14(16)18-4/h5-6H,1-4H3. The van der Waals surface area contributed by atoms with E-state index in [0.717, 1.165) is 22.3 Å². The minimum absolute atomic E-state index is 0.389. The van der Waals surface area contributed by atoms with Crippen molar-refractivity contribution in [2.75, 3.05) is 14.2 Å². The Morgan fingerprint density at radius 1 is 0.850 bits per heavy atom. The molecule has 0 spiro atoms. The summed E-state index contributed by atoms with van der Waals surface area (Å²) in [6.45, 7) is 3.83. The van der Waals surface area contributed by atoms with Gasteiger partial charge in [0.15, 0.2) is 0 Å². The number of esters is 2. The first-order valence-corrected chi connectivity index (χ1v) is 7.60. The van der Waals surface area contributed by atoms with Crippen molar-refractivity contribution in [2.45, 2.75) is 13.8 Å². The van der Waals surface area contributed by atoms with Crippen molar-refractivity contribution in [2.24, 2.45) is 0 Å². The maximum Gasteiger partial charge on any atom is 0.348 e. The molecule has 0 amide bonds. The molecule has 0 atom stereocenters. The van der Waals surface area contributed by atoms with Gasteiger partial charge in [-0.1, -0.05) is 0 Å². The van der Waals surface area contributed by atoms with Gasteiger partial charge in [0.05, 0.1) is 14.2 Å². The summed E-state index contributed by atoms with van der Waals surface area (Å²) in [5.74, 6) is -0.779. The summed E-state index contributed by atoms with van der Waals surface area (Å²) >= 11 is 2.64. The molecular weight excluding hydrogens is 296 g/mol. The number of thiophene rings is 2. The van der Waals surface area contributed by atoms with Gasteiger partial charge >= 0.3 is 11.9 Å². The molecule has 0 aliphatic rings. The summed E-state index contributed by atoms with van der Waals surface area (Å²) in [6.07, 6.45) is 0. The molecule has 0 saturated heterocycles. The molecule has 2 aromatic rings. The summed E-state index contributed by atoms with van der Waals surface area (Å²) in [4.78, 5) is 24.8. The van der Waals surface area contributed by atoms with Crippen LogP contribution in [0, 0.1) is 13.8 Å². The van der Waals surface area contributed by atoms with Crippen LogP contribution < -0.4 is 0 Å². The van der Waals surface area contributed by atoms with Gasteiger partial charge in [-0.3, -0.25) is 0 Å². The molecule has 2 rings (SSSR count). The highest BCUT2D eigenvalue weighted by atomic mass is 32.1. The van der Waals surface area contributed by atoms with Crippen molar-refractivity contribution in [1.29, 1.82) is 0 Å². The first kappa shape index (κ1) is 14.7. The molecule has 0 bridgehead atoms. The molecule has 106 valence electrons. The SMILES string of the molecule is COC(=O)c1scc(C)c1-c1c(C)csc1C(=O)OC. The van der Waals surface area contributed by atoms with Gasteiger partial charge in [-0.05, 0) is 35.7 Å². The van der Waals surface area contributed by atoms with Gasteiger partial charge in [-0.2, -0.15) is 0 Å². The lowest BCUT2D eigenvalue weighted by molar-refractivity contribution is 0.0595. The van der Waals surface area contributed by atoms with Gasteiger partial charge < -0.3 is 9.47 Å². The van der Waals surface area contributed by atoms with Crippen molar-refractivity contribution >= 4 is 34.6 Å². The van der Waals surface area contributed by atoms with Gasteiger partial charge in [-0.15, -0.1) is 22.7 Å². The maximum atomic E-state index is 11.9. The van der Waals surface area contributed by atoms with E-state index in [-0.39, 0.29) is 11.9 Å². The van der Waals surface area contributed by atoms with Crippen LogP contribution in [-0.4, -0.2) is 26.2 Å². The van der Waals surface area contributed by atoms with Gasteiger partial charge in [0.1, 0.15) is 9.75 Å². The van der Waals surface area contributed by atoms with Gasteiger partial charge in [0.2, 0.25) is 0 Å². The number of hydrogen-bond donors (Lipinski definition) is 0. The lowest BCUT2D eigenvalue weighted by Gasteiger charge is -2.07. The number of methoxy groups -OCH3 is 2. The van der Waals surface area contributed by atoms with Crippen LogP contribution in [0.25, 0.3) is 11.1 Å². The monoisotopic (exact) mass is 310 g/mol. The van der Waals surface area contributed by atoms with Crippen LogP contribution in [0.3, 0.4) is 0 Å². The zero-order valence-corrected chi connectivity index (χ0v) is 13.2. The van der Waals surface area contributed by atoms with E-state index >= 15 is 0 Å². The van der Waals surface area contributed by atoms with Crippen LogP contribution in [0.1, 0.15) is 30.5 Å². The van der Waals surface area contributed by atoms with Crippen LogP contribution in [0.4, 0.5) is 0 Å². The Hall–Kier alpha value is -1.66. The highest BCUT2D eigenvalue weighted by molar-refractivity contribution is 7.13. The minimum Gasteiger partial charge on any atom is -0.465 e. The Morgan fingerprint density at radius 2 is 1.20 bits per heavy atom. The average Bonchev–Trinajstić information content (AvgIpc) is 3.00. The van der Waals surface area contributed by atoms with Gasteiger partial charge in [-0.25, -0.2) is 9.59 Å². The number of hydrogen-bond acceptors (Lipinski definition) is 6. The highest BCUT2D eigenvalue weighted by Gasteiger charge is 2.25. The van der Waals surface area contributed by atoms with E-state index in [9.17, 15) is 9.59 Å². The summed E-state index contributed by atoms with van der Waals surface area (Å²) in [5.41, 5.74) is 3.42. The second-order valence-electron chi connectivity index (χ2n) is 4.23. The third-order valence-electron chi connectivity index (χ3n) is 2.94. The van der Waals surface area contributed by atoms with E-state index in [4.69, 9.17) is 9.47 Å². The Morgan fingerprint density at radius 3 is 1.50 bits per heavy atom. The van der Waals surface area contributed by atoms with Gasteiger partial charge in [0, 0.05) is 11.1 Å². The number of rotatable bonds is 3. The number of ether oxygens (including phenoxy) is 2. The van der Waals surface area contributed by atoms with Crippen molar-refractivity contribution in [3.05, 3.63) is 31.6 Å². The molecule has 2 heterocycles. The van der Waals surface area contributed by atoms with E-state index in [1.54, 1.807) is 0 Å². The number of carbonyl (C=O) groups excluding carboxylic acids is 2. The minimum atomic E-state index is -0.389. The van der Waals surface area contributed by atoms with Crippen LogP contribution in [0.5, 0.6) is 0 Å².